The maximum atomic E-state index is 11.5. The summed E-state index contributed by atoms with van der Waals surface area (Å²) in [4.78, 5) is 11.5. The highest BCUT2D eigenvalue weighted by Gasteiger charge is 2.07. The number of phenolic OH excluding ortho intramolecular Hbond substituents is 1. The van der Waals surface area contributed by atoms with Crippen molar-refractivity contribution in [1.82, 2.24) is 0 Å². The molecule has 0 atom stereocenters. The number of hydrogen-bond acceptors (Lipinski definition) is 3. The molecule has 0 unspecified atom stereocenters. The molecular formula is C15H22O3. The molecule has 0 bridgehead atoms. The fourth-order valence-corrected chi connectivity index (χ4v) is 1.77. The van der Waals surface area contributed by atoms with E-state index in [2.05, 4.69) is 6.92 Å². The monoisotopic (exact) mass is 250 g/mol. The summed E-state index contributed by atoms with van der Waals surface area (Å²) in [6, 6.07) is 6.52. The lowest BCUT2D eigenvalue weighted by molar-refractivity contribution is -0.134. The van der Waals surface area contributed by atoms with Crippen LogP contribution in [0, 0.1) is 0 Å². The van der Waals surface area contributed by atoms with Crippen molar-refractivity contribution in [2.75, 3.05) is 0 Å². The Labute approximate surface area is 109 Å². The molecule has 3 heteroatoms. The summed E-state index contributed by atoms with van der Waals surface area (Å²) in [5.74, 6) is -0.0192. The summed E-state index contributed by atoms with van der Waals surface area (Å²) in [7, 11) is 0. The van der Waals surface area contributed by atoms with E-state index < -0.39 is 0 Å². The van der Waals surface area contributed by atoms with Crippen molar-refractivity contribution in [2.24, 2.45) is 0 Å². The van der Waals surface area contributed by atoms with Crippen LogP contribution in [-0.2, 0) is 4.79 Å². The first kappa shape index (κ1) is 14.6. The van der Waals surface area contributed by atoms with Gasteiger partial charge in [-0.3, -0.25) is 4.79 Å². The Balaban J connectivity index is 2.16. The highest BCUT2D eigenvalue weighted by molar-refractivity contribution is 5.73. The standard InChI is InChI=1S/C15H22O3/c1-2-3-4-5-6-7-12-15(17)18-14-11-9-8-10-13(14)16/h8-11,16H,2-7,12H2,1H3. The van der Waals surface area contributed by atoms with Crippen LogP contribution in [0.15, 0.2) is 24.3 Å². The van der Waals surface area contributed by atoms with E-state index in [0.29, 0.717) is 6.42 Å². The SMILES string of the molecule is CCCCCCCCC(=O)Oc1ccccc1O. The van der Waals surface area contributed by atoms with Gasteiger partial charge in [-0.2, -0.15) is 0 Å². The molecule has 1 aromatic carbocycles. The van der Waals surface area contributed by atoms with E-state index in [1.54, 1.807) is 18.2 Å². The first-order chi connectivity index (χ1) is 8.74. The highest BCUT2D eigenvalue weighted by Crippen LogP contribution is 2.24. The summed E-state index contributed by atoms with van der Waals surface area (Å²) >= 11 is 0. The summed E-state index contributed by atoms with van der Waals surface area (Å²) in [5.41, 5.74) is 0. The van der Waals surface area contributed by atoms with Crippen LogP contribution in [0.3, 0.4) is 0 Å². The number of rotatable bonds is 8. The van der Waals surface area contributed by atoms with Gasteiger partial charge in [-0.15, -0.1) is 0 Å². The Morgan fingerprint density at radius 1 is 1.11 bits per heavy atom. The van der Waals surface area contributed by atoms with Gasteiger partial charge >= 0.3 is 5.97 Å². The third kappa shape index (κ3) is 5.71. The van der Waals surface area contributed by atoms with E-state index in [-0.39, 0.29) is 17.5 Å². The summed E-state index contributed by atoms with van der Waals surface area (Å²) in [5, 5.41) is 9.45. The second-order valence-electron chi connectivity index (χ2n) is 4.46. The van der Waals surface area contributed by atoms with Gasteiger partial charge in [0.1, 0.15) is 0 Å². The topological polar surface area (TPSA) is 46.5 Å². The number of unbranched alkanes of at least 4 members (excludes halogenated alkanes) is 5. The molecule has 1 N–H and O–H groups in total. The summed E-state index contributed by atoms with van der Waals surface area (Å²) < 4.78 is 5.08. The molecule has 0 heterocycles. The zero-order valence-electron chi connectivity index (χ0n) is 11.0. The molecule has 0 fully saturated rings. The molecule has 0 aliphatic rings. The fourth-order valence-electron chi connectivity index (χ4n) is 1.77. The van der Waals surface area contributed by atoms with E-state index >= 15 is 0 Å². The molecule has 0 radical (unpaired) electrons. The fraction of sp³-hybridized carbons (Fsp3) is 0.533. The molecule has 0 aliphatic heterocycles. The van der Waals surface area contributed by atoms with Gasteiger partial charge in [0.05, 0.1) is 0 Å². The summed E-state index contributed by atoms with van der Waals surface area (Å²) in [6.07, 6.45) is 7.26. The second kappa shape index (κ2) is 8.56. The van der Waals surface area contributed by atoms with Crippen LogP contribution >= 0.6 is 0 Å². The van der Waals surface area contributed by atoms with Gasteiger partial charge in [0.25, 0.3) is 0 Å². The number of phenols is 1. The minimum atomic E-state index is -0.271. The Bertz CT molecular complexity index is 361. The minimum Gasteiger partial charge on any atom is -0.504 e. The van der Waals surface area contributed by atoms with Crippen LogP contribution in [-0.4, -0.2) is 11.1 Å². The Kier molecular flexibility index (Phi) is 6.92. The van der Waals surface area contributed by atoms with Gasteiger partial charge in [0.15, 0.2) is 11.5 Å². The predicted octanol–water partition coefficient (Wildman–Crippen LogP) is 4.05. The average molecular weight is 250 g/mol. The minimum absolute atomic E-state index is 0.00814. The van der Waals surface area contributed by atoms with Crippen molar-refractivity contribution in [3.8, 4) is 11.5 Å². The lowest BCUT2D eigenvalue weighted by Crippen LogP contribution is -2.07. The summed E-state index contributed by atoms with van der Waals surface area (Å²) in [6.45, 7) is 2.18. The van der Waals surface area contributed by atoms with Crippen LogP contribution in [0.1, 0.15) is 51.9 Å². The second-order valence-corrected chi connectivity index (χ2v) is 4.46. The van der Waals surface area contributed by atoms with Gasteiger partial charge in [-0.05, 0) is 18.6 Å². The average Bonchev–Trinajstić information content (AvgIpc) is 2.36. The molecule has 0 aromatic heterocycles. The molecule has 3 nitrogen and oxygen atoms in total. The zero-order chi connectivity index (χ0) is 13.2. The lowest BCUT2D eigenvalue weighted by atomic mass is 10.1. The van der Waals surface area contributed by atoms with Gasteiger partial charge in [0.2, 0.25) is 0 Å². The van der Waals surface area contributed by atoms with Crippen molar-refractivity contribution in [3.63, 3.8) is 0 Å². The van der Waals surface area contributed by atoms with E-state index in [1.807, 2.05) is 0 Å². The Hall–Kier alpha value is -1.51. The predicted molar refractivity (Wildman–Crippen MR) is 71.7 cm³/mol. The molecule has 0 saturated carbocycles. The maximum absolute atomic E-state index is 11.5. The Morgan fingerprint density at radius 2 is 1.78 bits per heavy atom. The molecule has 0 saturated heterocycles. The Morgan fingerprint density at radius 3 is 2.50 bits per heavy atom. The van der Waals surface area contributed by atoms with Gasteiger partial charge in [0, 0.05) is 6.42 Å². The number of hydrogen-bond donors (Lipinski definition) is 1. The van der Waals surface area contributed by atoms with Crippen molar-refractivity contribution in [2.45, 2.75) is 51.9 Å². The van der Waals surface area contributed by atoms with E-state index in [4.69, 9.17) is 4.74 Å². The van der Waals surface area contributed by atoms with E-state index in [0.717, 1.165) is 12.8 Å². The van der Waals surface area contributed by atoms with Crippen LogP contribution in [0.5, 0.6) is 11.5 Å². The van der Waals surface area contributed by atoms with Crippen LogP contribution in [0.2, 0.25) is 0 Å². The number of para-hydroxylation sites is 2. The highest BCUT2D eigenvalue weighted by atomic mass is 16.5. The lowest BCUT2D eigenvalue weighted by Gasteiger charge is -2.05. The van der Waals surface area contributed by atoms with Crippen LogP contribution < -0.4 is 4.74 Å². The van der Waals surface area contributed by atoms with E-state index in [9.17, 15) is 9.90 Å². The van der Waals surface area contributed by atoms with Crippen LogP contribution in [0.25, 0.3) is 0 Å². The number of ether oxygens (including phenoxy) is 1. The molecule has 0 spiro atoms. The molecule has 0 amide bonds. The van der Waals surface area contributed by atoms with Crippen LogP contribution in [0.4, 0.5) is 0 Å². The maximum Gasteiger partial charge on any atom is 0.311 e. The van der Waals surface area contributed by atoms with E-state index in [1.165, 1.54) is 31.7 Å². The van der Waals surface area contributed by atoms with Gasteiger partial charge in [-0.1, -0.05) is 51.2 Å². The van der Waals surface area contributed by atoms with Crippen molar-refractivity contribution >= 4 is 5.97 Å². The quantitative estimate of drug-likeness (QED) is 0.430. The largest absolute Gasteiger partial charge is 0.504 e. The number of aromatic hydroxyl groups is 1. The van der Waals surface area contributed by atoms with Crippen molar-refractivity contribution in [3.05, 3.63) is 24.3 Å². The first-order valence-corrected chi connectivity index (χ1v) is 6.72. The normalized spacial score (nSPS) is 10.3. The molecule has 1 rings (SSSR count). The first-order valence-electron chi connectivity index (χ1n) is 6.72. The molecule has 1 aromatic rings. The number of carbonyl (C=O) groups is 1. The number of carbonyl (C=O) groups excluding carboxylic acids is 1. The molecular weight excluding hydrogens is 228 g/mol. The van der Waals surface area contributed by atoms with Crippen molar-refractivity contribution < 1.29 is 14.6 Å². The molecule has 18 heavy (non-hydrogen) atoms. The van der Waals surface area contributed by atoms with Gasteiger partial charge < -0.3 is 9.84 Å². The number of benzene rings is 1. The smallest absolute Gasteiger partial charge is 0.311 e. The zero-order valence-corrected chi connectivity index (χ0v) is 11.0. The third-order valence-electron chi connectivity index (χ3n) is 2.82. The number of esters is 1. The molecule has 0 aliphatic carbocycles. The third-order valence-corrected chi connectivity index (χ3v) is 2.82. The molecule has 100 valence electrons. The van der Waals surface area contributed by atoms with Crippen molar-refractivity contribution in [1.29, 1.82) is 0 Å². The van der Waals surface area contributed by atoms with Gasteiger partial charge in [-0.25, -0.2) is 0 Å².